The summed E-state index contributed by atoms with van der Waals surface area (Å²) in [5, 5.41) is 1.48. The molecule has 0 aromatic heterocycles. The Morgan fingerprint density at radius 1 is 0.800 bits per heavy atom. The minimum Gasteiger partial charge on any atom is -0.456 e. The number of nitrogens with zero attached hydrogens (tertiary/aromatic N) is 2. The highest BCUT2D eigenvalue weighted by molar-refractivity contribution is 7.86. The van der Waals surface area contributed by atoms with Crippen molar-refractivity contribution in [1.29, 1.82) is 0 Å². The van der Waals surface area contributed by atoms with Crippen LogP contribution in [-0.2, 0) is 20.2 Å². The summed E-state index contributed by atoms with van der Waals surface area (Å²) >= 11 is 0. The maximum Gasteiger partial charge on any atom is 0.295 e. The van der Waals surface area contributed by atoms with Gasteiger partial charge in [-0.25, -0.2) is 4.58 Å². The lowest BCUT2D eigenvalue weighted by molar-refractivity contribution is 0.479. The number of hydrogen-bond acceptors (Lipinski definition) is 6. The van der Waals surface area contributed by atoms with E-state index in [-0.39, 0.29) is 5.56 Å². The van der Waals surface area contributed by atoms with Gasteiger partial charge in [0.1, 0.15) is 29.3 Å². The summed E-state index contributed by atoms with van der Waals surface area (Å²) in [6.07, 6.45) is 0. The van der Waals surface area contributed by atoms with E-state index in [0.717, 1.165) is 66.5 Å². The average molecular weight is 588 g/mol. The fourth-order valence-corrected chi connectivity index (χ4v) is 6.55. The highest BCUT2D eigenvalue weighted by atomic mass is 32.2. The smallest absolute Gasteiger partial charge is 0.295 e. The van der Waals surface area contributed by atoms with Crippen molar-refractivity contribution >= 4 is 36.9 Å². The molecule has 1 aliphatic carbocycles. The molecule has 0 unspecified atom stereocenters. The molecule has 0 saturated heterocycles. The standard InChI is InChI=1S/C29H34N2O7S2/c1-7-30(8-2)24-16-26-21(13-18(24)5)29(22-14-19(6)25(17-27(22)38-26)31(9-3)10-4)23-15-20(39(32,33)34)11-12-28(23)40(35,36)37/h11-17H,7-10H2,1-6H3,(H-,32,33,34,35,36,37)/p+1. The zero-order chi connectivity index (χ0) is 29.6. The third kappa shape index (κ3) is 5.38. The molecule has 2 aliphatic rings. The van der Waals surface area contributed by atoms with Gasteiger partial charge in [0.15, 0.2) is 0 Å². The van der Waals surface area contributed by atoms with Gasteiger partial charge in [-0.3, -0.25) is 9.11 Å². The van der Waals surface area contributed by atoms with Crippen LogP contribution in [0.5, 0.6) is 0 Å². The van der Waals surface area contributed by atoms with E-state index in [2.05, 4.69) is 37.2 Å². The first kappa shape index (κ1) is 29.7. The van der Waals surface area contributed by atoms with Gasteiger partial charge < -0.3 is 9.32 Å². The molecule has 9 nitrogen and oxygen atoms in total. The summed E-state index contributed by atoms with van der Waals surface area (Å²) in [5.41, 5.74) is 4.07. The van der Waals surface area contributed by atoms with Crippen LogP contribution in [0.2, 0.25) is 0 Å². The van der Waals surface area contributed by atoms with Crippen LogP contribution in [0.1, 0.15) is 38.8 Å². The zero-order valence-electron chi connectivity index (χ0n) is 23.5. The van der Waals surface area contributed by atoms with E-state index < -0.39 is 30.0 Å². The van der Waals surface area contributed by atoms with Crippen LogP contribution in [0.4, 0.5) is 5.69 Å². The van der Waals surface area contributed by atoms with Crippen LogP contribution in [0.25, 0.3) is 33.4 Å². The topological polar surface area (TPSA) is 128 Å². The molecule has 0 bridgehead atoms. The Kier molecular flexibility index (Phi) is 8.15. The van der Waals surface area contributed by atoms with E-state index in [0.29, 0.717) is 27.9 Å². The number of benzene rings is 3. The number of hydrogen-bond donors (Lipinski definition) is 2. The summed E-state index contributed by atoms with van der Waals surface area (Å²) in [6.45, 7) is 15.1. The highest BCUT2D eigenvalue weighted by Crippen LogP contribution is 2.44. The van der Waals surface area contributed by atoms with Gasteiger partial charge in [0.25, 0.3) is 20.2 Å². The number of rotatable bonds is 8. The Balaban J connectivity index is 2.31. The molecule has 0 radical (unpaired) electrons. The normalized spacial score (nSPS) is 12.3. The zero-order valence-corrected chi connectivity index (χ0v) is 25.1. The molecule has 2 N–H and O–H groups in total. The van der Waals surface area contributed by atoms with Crippen molar-refractivity contribution in [3.63, 3.8) is 0 Å². The average Bonchev–Trinajstić information content (AvgIpc) is 2.88. The first-order valence-corrected chi connectivity index (χ1v) is 16.1. The van der Waals surface area contributed by atoms with Crippen LogP contribution in [0.15, 0.2) is 56.7 Å². The first-order chi connectivity index (χ1) is 18.7. The van der Waals surface area contributed by atoms with Crippen molar-refractivity contribution in [2.75, 3.05) is 31.1 Å². The molecule has 2 aromatic carbocycles. The Labute approximate surface area is 235 Å². The van der Waals surface area contributed by atoms with E-state index in [9.17, 15) is 25.9 Å². The lowest BCUT2D eigenvalue weighted by Crippen LogP contribution is -2.31. The fourth-order valence-electron chi connectivity index (χ4n) is 5.37. The van der Waals surface area contributed by atoms with E-state index in [4.69, 9.17) is 4.42 Å². The van der Waals surface area contributed by atoms with Gasteiger partial charge in [0.05, 0.1) is 11.0 Å². The highest BCUT2D eigenvalue weighted by Gasteiger charge is 2.27. The van der Waals surface area contributed by atoms with Crippen molar-refractivity contribution in [3.8, 4) is 22.5 Å². The molecular weight excluding hydrogens is 552 g/mol. The molecule has 0 amide bonds. The van der Waals surface area contributed by atoms with Crippen molar-refractivity contribution in [2.45, 2.75) is 51.3 Å². The quantitative estimate of drug-likeness (QED) is 0.168. The Bertz CT molecular complexity index is 1860. The van der Waals surface area contributed by atoms with Gasteiger partial charge in [-0.15, -0.1) is 0 Å². The molecule has 11 heteroatoms. The predicted molar refractivity (Wildman–Crippen MR) is 157 cm³/mol. The molecule has 0 fully saturated rings. The van der Waals surface area contributed by atoms with E-state index in [1.807, 2.05) is 38.1 Å². The van der Waals surface area contributed by atoms with Crippen molar-refractivity contribution < 1.29 is 30.4 Å². The van der Waals surface area contributed by atoms with Gasteiger partial charge in [-0.2, -0.15) is 16.8 Å². The maximum absolute atomic E-state index is 12.5. The van der Waals surface area contributed by atoms with E-state index in [1.54, 1.807) is 0 Å². The largest absolute Gasteiger partial charge is 0.456 e. The molecule has 2 aromatic rings. The summed E-state index contributed by atoms with van der Waals surface area (Å²) in [4.78, 5) is 1.20. The molecular formula is C29H35N2O7S2+. The molecule has 1 heterocycles. The van der Waals surface area contributed by atoms with Gasteiger partial charge in [0, 0.05) is 52.5 Å². The van der Waals surface area contributed by atoms with Crippen LogP contribution in [-0.4, -0.2) is 52.1 Å². The molecule has 40 heavy (non-hydrogen) atoms. The summed E-state index contributed by atoms with van der Waals surface area (Å²) in [6, 6.07) is 10.6. The Morgan fingerprint density at radius 2 is 1.45 bits per heavy atom. The molecule has 4 rings (SSSR count). The fraction of sp³-hybridized carbons (Fsp3) is 0.345. The van der Waals surface area contributed by atoms with Gasteiger partial charge in [-0.1, -0.05) is 0 Å². The number of aryl methyl sites for hydroxylation is 2. The molecule has 214 valence electrons. The third-order valence-electron chi connectivity index (χ3n) is 7.36. The molecule has 1 aliphatic heterocycles. The summed E-state index contributed by atoms with van der Waals surface area (Å²) in [7, 11) is -9.47. The van der Waals surface area contributed by atoms with E-state index in [1.165, 1.54) is 0 Å². The molecule has 0 atom stereocenters. The van der Waals surface area contributed by atoms with Crippen LogP contribution in [0.3, 0.4) is 0 Å². The second-order valence-corrected chi connectivity index (χ2v) is 12.5. The summed E-state index contributed by atoms with van der Waals surface area (Å²) in [5.74, 6) is 0.461. The lowest BCUT2D eigenvalue weighted by atomic mass is 9.91. The molecule has 0 saturated carbocycles. The predicted octanol–water partition coefficient (Wildman–Crippen LogP) is 4.97. The second kappa shape index (κ2) is 11.0. The monoisotopic (exact) mass is 587 g/mol. The Hall–Kier alpha value is -3.25. The van der Waals surface area contributed by atoms with Crippen LogP contribution < -0.4 is 14.8 Å². The van der Waals surface area contributed by atoms with Gasteiger partial charge >= 0.3 is 0 Å². The van der Waals surface area contributed by atoms with Crippen molar-refractivity contribution in [2.24, 2.45) is 0 Å². The number of fused-ring (bicyclic) bond motifs is 2. The van der Waals surface area contributed by atoms with Crippen molar-refractivity contribution in [3.05, 3.63) is 58.9 Å². The first-order valence-electron chi connectivity index (χ1n) is 13.2. The van der Waals surface area contributed by atoms with Crippen molar-refractivity contribution in [1.82, 2.24) is 4.58 Å². The SMILES string of the molecule is CCN(CC)c1cc2oc3cc(=[N+](CC)CC)c(C)cc-3c(-c3cc(S(=O)(=O)O)ccc3S(=O)(=O)O)c2cc1C. The molecule has 0 spiro atoms. The number of anilines is 1. The minimum atomic E-state index is -4.78. The third-order valence-corrected chi connectivity index (χ3v) is 9.12. The van der Waals surface area contributed by atoms with Crippen LogP contribution >= 0.6 is 0 Å². The second-order valence-electron chi connectivity index (χ2n) is 9.70. The van der Waals surface area contributed by atoms with Gasteiger partial charge in [0.2, 0.25) is 5.36 Å². The maximum atomic E-state index is 12.5. The Morgan fingerprint density at radius 3 is 2.00 bits per heavy atom. The van der Waals surface area contributed by atoms with E-state index >= 15 is 0 Å². The minimum absolute atomic E-state index is 0.0617. The lowest BCUT2D eigenvalue weighted by Gasteiger charge is -2.25. The van der Waals surface area contributed by atoms with Gasteiger partial charge in [-0.05, 0) is 77.4 Å². The van der Waals surface area contributed by atoms with Crippen LogP contribution in [0, 0.1) is 13.8 Å². The summed E-state index contributed by atoms with van der Waals surface area (Å²) < 4.78 is 77.9.